The van der Waals surface area contributed by atoms with Gasteiger partial charge >= 0.3 is 0 Å². The fourth-order valence-corrected chi connectivity index (χ4v) is 3.59. The summed E-state index contributed by atoms with van der Waals surface area (Å²) < 4.78 is 0. The molecule has 2 aromatic rings. The molecule has 0 unspecified atom stereocenters. The van der Waals surface area contributed by atoms with Crippen LogP contribution in [-0.4, -0.2) is 5.91 Å². The largest absolute Gasteiger partial charge is 0.322 e. The van der Waals surface area contributed by atoms with Crippen LogP contribution in [0.25, 0.3) is 0 Å². The minimum Gasteiger partial charge on any atom is -0.322 e. The maximum atomic E-state index is 11.7. The first-order valence-corrected chi connectivity index (χ1v) is 9.24. The van der Waals surface area contributed by atoms with E-state index < -0.39 is 0 Å². The zero-order valence-corrected chi connectivity index (χ0v) is 14.4. The maximum Gasteiger partial charge on any atom is 0.250 e. The number of amides is 1. The number of carbonyl (C=O) groups excluding carboxylic acids is 1. The minimum absolute atomic E-state index is 0.114. The van der Waals surface area contributed by atoms with Crippen molar-refractivity contribution in [3.05, 3.63) is 66.2 Å². The molecule has 114 valence electrons. The van der Waals surface area contributed by atoms with Crippen molar-refractivity contribution in [2.75, 3.05) is 5.32 Å². The summed E-state index contributed by atoms with van der Waals surface area (Å²) in [5.74, 6) is -0.114. The highest BCUT2D eigenvalue weighted by Crippen LogP contribution is 2.37. The van der Waals surface area contributed by atoms with Gasteiger partial charge in [-0.2, -0.15) is 0 Å². The van der Waals surface area contributed by atoms with E-state index in [-0.39, 0.29) is 5.91 Å². The summed E-state index contributed by atoms with van der Waals surface area (Å²) in [6.45, 7) is 7.74. The lowest BCUT2D eigenvalue weighted by Gasteiger charge is -2.07. The molecule has 0 aliphatic carbocycles. The molecule has 0 bridgehead atoms. The van der Waals surface area contributed by atoms with Crippen molar-refractivity contribution in [1.29, 1.82) is 0 Å². The summed E-state index contributed by atoms with van der Waals surface area (Å²) in [5.41, 5.74) is 2.65. The van der Waals surface area contributed by atoms with Crippen molar-refractivity contribution >= 4 is 33.2 Å². The summed E-state index contributed by atoms with van der Waals surface area (Å²) in [7, 11) is 3.43. The molecule has 0 aromatic heterocycles. The summed E-state index contributed by atoms with van der Waals surface area (Å²) >= 11 is 0. The van der Waals surface area contributed by atoms with E-state index in [0.29, 0.717) is 12.0 Å². The van der Waals surface area contributed by atoms with Gasteiger partial charge in [0.25, 0.3) is 5.91 Å². The number of hydrogen-bond acceptors (Lipinski definition) is 3. The summed E-state index contributed by atoms with van der Waals surface area (Å²) in [4.78, 5) is 14.1. The van der Waals surface area contributed by atoms with E-state index in [1.807, 2.05) is 31.2 Å². The molecule has 0 saturated heterocycles. The van der Waals surface area contributed by atoms with Crippen LogP contribution in [0.2, 0.25) is 0 Å². The maximum absolute atomic E-state index is 11.7. The lowest BCUT2D eigenvalue weighted by atomic mass is 10.2. The van der Waals surface area contributed by atoms with Gasteiger partial charge in [0.1, 0.15) is 0 Å². The molecule has 2 rings (SSSR count). The molecule has 22 heavy (non-hydrogen) atoms. The number of anilines is 1. The Balaban J connectivity index is 1.90. The van der Waals surface area contributed by atoms with Gasteiger partial charge in [-0.1, -0.05) is 52.8 Å². The second kappa shape index (κ2) is 8.11. The molecule has 0 aliphatic rings. The second-order valence-corrected chi connectivity index (χ2v) is 7.19. The predicted molar refractivity (Wildman–Crippen MR) is 97.4 cm³/mol. The molecule has 1 N–H and O–H groups in total. The van der Waals surface area contributed by atoms with Crippen LogP contribution in [0.3, 0.4) is 0 Å². The Morgan fingerprint density at radius 3 is 2.00 bits per heavy atom. The number of aryl methyl sites for hydroxylation is 1. The lowest BCUT2D eigenvalue weighted by Crippen LogP contribution is -2.12. The van der Waals surface area contributed by atoms with Gasteiger partial charge in [0.15, 0.2) is 0 Å². The highest BCUT2D eigenvalue weighted by atomic mass is 33.1. The van der Waals surface area contributed by atoms with Crippen LogP contribution in [0.1, 0.15) is 18.9 Å². The fourth-order valence-electron chi connectivity index (χ4n) is 1.66. The first-order valence-electron chi connectivity index (χ1n) is 7.09. The van der Waals surface area contributed by atoms with Crippen LogP contribution >= 0.6 is 21.6 Å². The topological polar surface area (TPSA) is 29.1 Å². The van der Waals surface area contributed by atoms with Crippen molar-refractivity contribution in [3.8, 4) is 0 Å². The molecule has 0 radical (unpaired) electrons. The van der Waals surface area contributed by atoms with Crippen LogP contribution < -0.4 is 5.32 Å². The zero-order valence-electron chi connectivity index (χ0n) is 12.8. The van der Waals surface area contributed by atoms with Crippen LogP contribution in [-0.2, 0) is 4.79 Å². The molecular formula is C18H19NOS2. The number of benzene rings is 2. The standard InChI is InChI=1S/C18H19NOS2/c1-4-14(3)18(20)19-15-7-11-17(12-8-15)22-21-16-9-5-13(2)6-10-16/h5-12H,3-4H2,1-2H3,(H,19,20). The van der Waals surface area contributed by atoms with Gasteiger partial charge in [-0.3, -0.25) is 4.79 Å². The normalized spacial score (nSPS) is 10.3. The predicted octanol–water partition coefficient (Wildman–Crippen LogP) is 5.70. The van der Waals surface area contributed by atoms with Crippen molar-refractivity contribution in [2.45, 2.75) is 30.1 Å². The van der Waals surface area contributed by atoms with Gasteiger partial charge in [0.2, 0.25) is 0 Å². The average Bonchev–Trinajstić information content (AvgIpc) is 2.55. The third-order valence-electron chi connectivity index (χ3n) is 3.12. The van der Waals surface area contributed by atoms with Gasteiger partial charge in [-0.25, -0.2) is 0 Å². The molecule has 0 heterocycles. The monoisotopic (exact) mass is 329 g/mol. The van der Waals surface area contributed by atoms with E-state index in [0.717, 1.165) is 10.6 Å². The Morgan fingerprint density at radius 1 is 1.00 bits per heavy atom. The summed E-state index contributed by atoms with van der Waals surface area (Å²) in [5, 5.41) is 2.85. The summed E-state index contributed by atoms with van der Waals surface area (Å²) in [6, 6.07) is 16.3. The molecule has 4 heteroatoms. The molecular weight excluding hydrogens is 310 g/mol. The van der Waals surface area contributed by atoms with Crippen LogP contribution in [0.15, 0.2) is 70.5 Å². The van der Waals surface area contributed by atoms with Crippen molar-refractivity contribution in [3.63, 3.8) is 0 Å². The van der Waals surface area contributed by atoms with Crippen LogP contribution in [0.5, 0.6) is 0 Å². The number of carbonyl (C=O) groups is 1. The van der Waals surface area contributed by atoms with Gasteiger partial charge in [0.05, 0.1) is 0 Å². The van der Waals surface area contributed by atoms with E-state index in [1.54, 1.807) is 21.6 Å². The molecule has 0 saturated carbocycles. The Bertz CT molecular complexity index is 648. The first kappa shape index (κ1) is 16.7. The van der Waals surface area contributed by atoms with Crippen molar-refractivity contribution < 1.29 is 4.79 Å². The van der Waals surface area contributed by atoms with E-state index >= 15 is 0 Å². The Hall–Kier alpha value is -1.65. The SMILES string of the molecule is C=C(CC)C(=O)Nc1ccc(SSc2ccc(C)cc2)cc1. The highest BCUT2D eigenvalue weighted by molar-refractivity contribution is 8.76. The number of rotatable bonds is 6. The molecule has 0 atom stereocenters. The van der Waals surface area contributed by atoms with E-state index in [9.17, 15) is 4.79 Å². The number of nitrogens with one attached hydrogen (secondary N) is 1. The van der Waals surface area contributed by atoms with E-state index in [2.05, 4.69) is 43.1 Å². The molecule has 0 fully saturated rings. The first-order chi connectivity index (χ1) is 10.6. The Morgan fingerprint density at radius 2 is 1.50 bits per heavy atom. The smallest absolute Gasteiger partial charge is 0.250 e. The van der Waals surface area contributed by atoms with Gasteiger partial charge in [-0.15, -0.1) is 0 Å². The van der Waals surface area contributed by atoms with Crippen molar-refractivity contribution in [2.24, 2.45) is 0 Å². The third kappa shape index (κ3) is 4.97. The molecule has 0 aliphatic heterocycles. The Kier molecular flexibility index (Phi) is 6.16. The van der Waals surface area contributed by atoms with Crippen LogP contribution in [0.4, 0.5) is 5.69 Å². The zero-order chi connectivity index (χ0) is 15.9. The highest BCUT2D eigenvalue weighted by Gasteiger charge is 2.05. The number of hydrogen-bond donors (Lipinski definition) is 1. The lowest BCUT2D eigenvalue weighted by molar-refractivity contribution is -0.112. The van der Waals surface area contributed by atoms with Gasteiger partial charge < -0.3 is 5.32 Å². The van der Waals surface area contributed by atoms with E-state index in [4.69, 9.17) is 0 Å². The van der Waals surface area contributed by atoms with Crippen LogP contribution in [0, 0.1) is 6.92 Å². The summed E-state index contributed by atoms with van der Waals surface area (Å²) in [6.07, 6.45) is 0.660. The second-order valence-electron chi connectivity index (χ2n) is 4.92. The third-order valence-corrected chi connectivity index (χ3v) is 5.53. The van der Waals surface area contributed by atoms with Gasteiger partial charge in [-0.05, 0) is 49.7 Å². The fraction of sp³-hybridized carbons (Fsp3) is 0.167. The quantitative estimate of drug-likeness (QED) is 0.544. The molecule has 0 spiro atoms. The minimum atomic E-state index is -0.114. The molecule has 2 aromatic carbocycles. The Labute approximate surface area is 139 Å². The van der Waals surface area contributed by atoms with Gasteiger partial charge in [0, 0.05) is 21.1 Å². The van der Waals surface area contributed by atoms with E-state index in [1.165, 1.54) is 10.5 Å². The molecule has 2 nitrogen and oxygen atoms in total. The van der Waals surface area contributed by atoms with Crippen molar-refractivity contribution in [1.82, 2.24) is 0 Å². The molecule has 1 amide bonds. The average molecular weight is 329 g/mol.